The zero-order chi connectivity index (χ0) is 44.5. The monoisotopic (exact) mass is 851 g/mol. The third-order valence-corrected chi connectivity index (χ3v) is 13.2. The molecule has 0 aliphatic rings. The van der Waals surface area contributed by atoms with Crippen LogP contribution in [-0.2, 0) is 0 Å². The van der Waals surface area contributed by atoms with E-state index in [2.05, 4.69) is 278 Å². The molecule has 0 N–H and O–H groups in total. The summed E-state index contributed by atoms with van der Waals surface area (Å²) in [5.41, 5.74) is 10.3. The molecule has 0 aliphatic heterocycles. The van der Waals surface area contributed by atoms with Crippen LogP contribution in [0.4, 0.5) is 17.1 Å². The van der Waals surface area contributed by atoms with Gasteiger partial charge in [-0.05, 0) is 153 Å². The van der Waals surface area contributed by atoms with Crippen LogP contribution in [0.15, 0.2) is 237 Å². The minimum atomic E-state index is 1.09. The first-order valence-corrected chi connectivity index (χ1v) is 23.1. The lowest BCUT2D eigenvalue weighted by molar-refractivity contribution is 1.28. The lowest BCUT2D eigenvalue weighted by Gasteiger charge is -2.26. The molecule has 0 radical (unpaired) electrons. The Balaban J connectivity index is 0.875. The van der Waals surface area contributed by atoms with Crippen molar-refractivity contribution in [3.05, 3.63) is 270 Å². The molecule has 12 aromatic carbocycles. The molecule has 0 spiro atoms. The second-order valence-corrected chi connectivity index (χ2v) is 17.3. The molecule has 1 nitrogen and oxygen atoms in total. The van der Waals surface area contributed by atoms with Crippen molar-refractivity contribution in [3.8, 4) is 0 Å². The number of anilines is 3. The van der Waals surface area contributed by atoms with Crippen molar-refractivity contribution >= 4 is 118 Å². The maximum Gasteiger partial charge on any atom is 0.0462 e. The van der Waals surface area contributed by atoms with Crippen molar-refractivity contribution in [1.29, 1.82) is 0 Å². The van der Waals surface area contributed by atoms with Crippen LogP contribution in [0.2, 0.25) is 0 Å². The molecule has 0 aliphatic carbocycles. The molecule has 0 heterocycles. The number of nitrogens with zero attached hydrogens (tertiary/aromatic N) is 1. The second-order valence-electron chi connectivity index (χ2n) is 17.3. The zero-order valence-corrected chi connectivity index (χ0v) is 36.9. The van der Waals surface area contributed by atoms with Gasteiger partial charge in [0, 0.05) is 17.1 Å². The third kappa shape index (κ3) is 7.73. The average molecular weight is 852 g/mol. The van der Waals surface area contributed by atoms with Gasteiger partial charge < -0.3 is 4.90 Å². The average Bonchev–Trinajstić information content (AvgIpc) is 3.40. The summed E-state index contributed by atoms with van der Waals surface area (Å²) in [6.07, 6.45) is 13.4. The van der Waals surface area contributed by atoms with E-state index in [4.69, 9.17) is 0 Å². The van der Waals surface area contributed by atoms with Gasteiger partial charge in [0.25, 0.3) is 0 Å². The summed E-state index contributed by atoms with van der Waals surface area (Å²) >= 11 is 0. The second kappa shape index (κ2) is 17.3. The summed E-state index contributed by atoms with van der Waals surface area (Å²) in [5.74, 6) is 0. The maximum atomic E-state index is 2.35. The molecule has 12 aromatic rings. The molecule has 0 saturated carbocycles. The zero-order valence-electron chi connectivity index (χ0n) is 36.9. The lowest BCUT2D eigenvalue weighted by atomic mass is 9.96. The molecular formula is C66H45N. The van der Waals surface area contributed by atoms with E-state index < -0.39 is 0 Å². The van der Waals surface area contributed by atoms with Crippen LogP contribution < -0.4 is 4.90 Å². The summed E-state index contributed by atoms with van der Waals surface area (Å²) < 4.78 is 0. The number of benzene rings is 12. The number of rotatable bonds is 9. The first-order chi connectivity index (χ1) is 33.2. The van der Waals surface area contributed by atoms with Crippen molar-refractivity contribution in [2.75, 3.05) is 4.90 Å². The Morgan fingerprint density at radius 3 is 0.731 bits per heavy atom. The third-order valence-electron chi connectivity index (χ3n) is 13.2. The first-order valence-electron chi connectivity index (χ1n) is 23.1. The standard InChI is InChI=1S/C66H45N/c1-4-16-58-49(13-1)43-52(61-19-7-10-22-64(58)61)34-25-46-28-37-55(38-29-46)67(56-39-30-47(31-40-56)26-35-53-44-50-14-2-5-17-59(50)65-23-11-8-20-62(53)65)57-41-32-48(33-42-57)27-36-54-45-51-15-3-6-18-60(51)66-24-12-9-21-63(54)66/h1-45H/b34-25+,35-26+,36-27+. The van der Waals surface area contributed by atoms with Gasteiger partial charge in [-0.25, -0.2) is 0 Å². The molecule has 314 valence electrons. The predicted octanol–water partition coefficient (Wildman–Crippen LogP) is 18.6. The van der Waals surface area contributed by atoms with Gasteiger partial charge in [-0.2, -0.15) is 0 Å². The van der Waals surface area contributed by atoms with Crippen LogP contribution in [0.5, 0.6) is 0 Å². The molecule has 0 unspecified atom stereocenters. The van der Waals surface area contributed by atoms with E-state index in [1.165, 1.54) is 81.3 Å². The summed E-state index contributed by atoms with van der Waals surface area (Å²) in [6.45, 7) is 0. The number of fused-ring (bicyclic) bond motifs is 9. The van der Waals surface area contributed by atoms with Crippen LogP contribution in [0.3, 0.4) is 0 Å². The topological polar surface area (TPSA) is 3.24 Å². The van der Waals surface area contributed by atoms with E-state index in [0.717, 1.165) is 33.8 Å². The van der Waals surface area contributed by atoms with Gasteiger partial charge in [-0.3, -0.25) is 0 Å². The van der Waals surface area contributed by atoms with Gasteiger partial charge in [0.2, 0.25) is 0 Å². The molecule has 67 heavy (non-hydrogen) atoms. The Morgan fingerprint density at radius 2 is 0.448 bits per heavy atom. The van der Waals surface area contributed by atoms with Gasteiger partial charge in [-0.1, -0.05) is 218 Å². The van der Waals surface area contributed by atoms with Crippen LogP contribution >= 0.6 is 0 Å². The Labute approximate surface area is 391 Å². The van der Waals surface area contributed by atoms with E-state index in [1.54, 1.807) is 0 Å². The Kier molecular flexibility index (Phi) is 10.3. The highest BCUT2D eigenvalue weighted by Crippen LogP contribution is 2.37. The highest BCUT2D eigenvalue weighted by Gasteiger charge is 2.14. The van der Waals surface area contributed by atoms with Crippen molar-refractivity contribution in [1.82, 2.24) is 0 Å². The SMILES string of the molecule is C(=C\c1cc2ccccc2c2ccccc12)/c1ccc(N(c2ccc(/C=C/c3cc4ccccc4c4ccccc34)cc2)c2ccc(/C=C/c3cc4ccccc4c4ccccc34)cc2)cc1. The lowest BCUT2D eigenvalue weighted by Crippen LogP contribution is -2.09. The molecule has 0 atom stereocenters. The fourth-order valence-corrected chi connectivity index (χ4v) is 9.87. The maximum absolute atomic E-state index is 2.35. The van der Waals surface area contributed by atoms with Crippen molar-refractivity contribution < 1.29 is 0 Å². The highest BCUT2D eigenvalue weighted by molar-refractivity contribution is 6.13. The van der Waals surface area contributed by atoms with Crippen LogP contribution in [0, 0.1) is 0 Å². The van der Waals surface area contributed by atoms with Crippen molar-refractivity contribution in [3.63, 3.8) is 0 Å². The van der Waals surface area contributed by atoms with Gasteiger partial charge in [0.1, 0.15) is 0 Å². The van der Waals surface area contributed by atoms with Gasteiger partial charge in [-0.15, -0.1) is 0 Å². The van der Waals surface area contributed by atoms with Crippen LogP contribution in [0.1, 0.15) is 33.4 Å². The normalized spacial score (nSPS) is 12.0. The van der Waals surface area contributed by atoms with E-state index in [-0.39, 0.29) is 0 Å². The van der Waals surface area contributed by atoms with Crippen LogP contribution in [-0.4, -0.2) is 0 Å². The molecule has 0 bridgehead atoms. The smallest absolute Gasteiger partial charge is 0.0462 e. The molecule has 12 rings (SSSR count). The fourth-order valence-electron chi connectivity index (χ4n) is 9.87. The summed E-state index contributed by atoms with van der Waals surface area (Å²) in [5, 5.41) is 15.2. The van der Waals surface area contributed by atoms with Crippen molar-refractivity contribution in [2.45, 2.75) is 0 Å². The first kappa shape index (κ1) is 39.8. The number of hydrogen-bond donors (Lipinski definition) is 0. The van der Waals surface area contributed by atoms with E-state index in [0.29, 0.717) is 0 Å². The van der Waals surface area contributed by atoms with Crippen molar-refractivity contribution in [2.24, 2.45) is 0 Å². The minimum Gasteiger partial charge on any atom is -0.311 e. The van der Waals surface area contributed by atoms with E-state index >= 15 is 0 Å². The minimum absolute atomic E-state index is 1.09. The van der Waals surface area contributed by atoms with Gasteiger partial charge >= 0.3 is 0 Å². The summed E-state index contributed by atoms with van der Waals surface area (Å²) in [7, 11) is 0. The van der Waals surface area contributed by atoms with Crippen LogP contribution in [0.25, 0.3) is 101 Å². The summed E-state index contributed by atoms with van der Waals surface area (Å²) in [4.78, 5) is 2.35. The summed E-state index contributed by atoms with van der Waals surface area (Å²) in [6, 6.07) is 85.7. The number of hydrogen-bond acceptors (Lipinski definition) is 1. The quantitative estimate of drug-likeness (QED) is 0.103. The highest BCUT2D eigenvalue weighted by atomic mass is 15.1. The molecule has 0 fully saturated rings. The Hall–Kier alpha value is -8.78. The molecule has 0 saturated heterocycles. The van der Waals surface area contributed by atoms with Gasteiger partial charge in [0.15, 0.2) is 0 Å². The van der Waals surface area contributed by atoms with Gasteiger partial charge in [0.05, 0.1) is 0 Å². The fraction of sp³-hybridized carbons (Fsp3) is 0. The Morgan fingerprint density at radius 1 is 0.209 bits per heavy atom. The predicted molar refractivity (Wildman–Crippen MR) is 292 cm³/mol. The molecule has 0 amide bonds. The molecular weight excluding hydrogens is 807 g/mol. The molecule has 0 aromatic heterocycles. The Bertz CT molecular complexity index is 3480. The molecule has 1 heteroatoms. The largest absolute Gasteiger partial charge is 0.311 e. The van der Waals surface area contributed by atoms with E-state index in [9.17, 15) is 0 Å². The van der Waals surface area contributed by atoms with E-state index in [1.807, 2.05) is 0 Å².